The Morgan fingerprint density at radius 1 is 1.30 bits per heavy atom. The number of pyridine rings is 1. The smallest absolute Gasteiger partial charge is 0.101 e. The minimum Gasteiger partial charge on any atom is -0.327 e. The zero-order chi connectivity index (χ0) is 14.5. The van der Waals surface area contributed by atoms with Crippen LogP contribution in [0.15, 0.2) is 50.9 Å². The molecule has 1 unspecified atom stereocenters. The third-order valence-electron chi connectivity index (χ3n) is 3.24. The van der Waals surface area contributed by atoms with E-state index in [9.17, 15) is 0 Å². The molecule has 0 aliphatic rings. The first-order valence-corrected chi connectivity index (χ1v) is 8.34. The molecule has 106 valence electrons. The summed E-state index contributed by atoms with van der Waals surface area (Å²) < 4.78 is 1.00. The molecule has 2 rings (SSSR count). The molecule has 0 saturated carbocycles. The Morgan fingerprint density at radius 3 is 2.70 bits per heavy atom. The quantitative estimate of drug-likeness (QED) is 0.857. The average molecular weight is 351 g/mol. The molecule has 1 aromatic carbocycles. The Morgan fingerprint density at radius 2 is 2.10 bits per heavy atom. The number of aromatic nitrogens is 1. The number of hydrogen-bond acceptors (Lipinski definition) is 3. The predicted octanol–water partition coefficient (Wildman–Crippen LogP) is 4.58. The van der Waals surface area contributed by atoms with Crippen molar-refractivity contribution in [1.82, 2.24) is 4.98 Å². The molecule has 0 aliphatic heterocycles. The Hall–Kier alpha value is -0.840. The molecule has 1 heterocycles. The minimum absolute atomic E-state index is 0.250. The summed E-state index contributed by atoms with van der Waals surface area (Å²) in [5, 5.41) is 1.01. The van der Waals surface area contributed by atoms with Gasteiger partial charge in [-0.1, -0.05) is 24.8 Å². The summed E-state index contributed by atoms with van der Waals surface area (Å²) in [6, 6.07) is 10.8. The molecule has 0 spiro atoms. The largest absolute Gasteiger partial charge is 0.327 e. The summed E-state index contributed by atoms with van der Waals surface area (Å²) in [4.78, 5) is 5.60. The normalized spacial score (nSPS) is 12.4. The van der Waals surface area contributed by atoms with Gasteiger partial charge in [-0.3, -0.25) is 0 Å². The molecule has 2 aromatic rings. The molecule has 0 amide bonds. The first-order chi connectivity index (χ1) is 9.58. The SMILES string of the molecule is CCC(N)Cc1ccc(Sc2ccc(Br)cn2)cc1C. The van der Waals surface area contributed by atoms with Crippen LogP contribution in [0, 0.1) is 6.92 Å². The highest BCUT2D eigenvalue weighted by molar-refractivity contribution is 9.10. The van der Waals surface area contributed by atoms with Crippen LogP contribution in [0.5, 0.6) is 0 Å². The van der Waals surface area contributed by atoms with Crippen molar-refractivity contribution in [3.05, 3.63) is 52.1 Å². The van der Waals surface area contributed by atoms with Gasteiger partial charge in [0.2, 0.25) is 0 Å². The van der Waals surface area contributed by atoms with Gasteiger partial charge in [0.05, 0.1) is 0 Å². The van der Waals surface area contributed by atoms with Crippen molar-refractivity contribution >= 4 is 27.7 Å². The van der Waals surface area contributed by atoms with Gasteiger partial charge in [-0.05, 0) is 71.1 Å². The van der Waals surface area contributed by atoms with Gasteiger partial charge in [0.15, 0.2) is 0 Å². The zero-order valence-electron chi connectivity index (χ0n) is 11.8. The van der Waals surface area contributed by atoms with Gasteiger partial charge in [-0.2, -0.15) is 0 Å². The maximum absolute atomic E-state index is 6.03. The van der Waals surface area contributed by atoms with E-state index in [-0.39, 0.29) is 6.04 Å². The number of hydrogen-bond donors (Lipinski definition) is 1. The summed E-state index contributed by atoms with van der Waals surface area (Å²) in [6.07, 6.45) is 3.78. The van der Waals surface area contributed by atoms with Gasteiger partial charge >= 0.3 is 0 Å². The van der Waals surface area contributed by atoms with E-state index in [4.69, 9.17) is 5.73 Å². The first kappa shape index (κ1) is 15.5. The van der Waals surface area contributed by atoms with Crippen LogP contribution in [0.4, 0.5) is 0 Å². The zero-order valence-corrected chi connectivity index (χ0v) is 14.2. The lowest BCUT2D eigenvalue weighted by Crippen LogP contribution is -2.21. The van der Waals surface area contributed by atoms with Crippen molar-refractivity contribution in [1.29, 1.82) is 0 Å². The molecule has 0 aliphatic carbocycles. The van der Waals surface area contributed by atoms with Crippen LogP contribution < -0.4 is 5.73 Å². The second-order valence-electron chi connectivity index (χ2n) is 4.88. The fourth-order valence-corrected chi connectivity index (χ4v) is 3.02. The molecular formula is C16H19BrN2S. The van der Waals surface area contributed by atoms with E-state index < -0.39 is 0 Å². The Kier molecular flexibility index (Phi) is 5.64. The molecule has 0 saturated heterocycles. The number of nitrogens with zero attached hydrogens (tertiary/aromatic N) is 1. The average Bonchev–Trinajstić information content (AvgIpc) is 2.44. The number of rotatable bonds is 5. The summed E-state index contributed by atoms with van der Waals surface area (Å²) in [7, 11) is 0. The maximum Gasteiger partial charge on any atom is 0.101 e. The van der Waals surface area contributed by atoms with E-state index in [1.807, 2.05) is 18.3 Å². The van der Waals surface area contributed by atoms with Gasteiger partial charge in [-0.25, -0.2) is 4.98 Å². The maximum atomic E-state index is 6.03. The summed E-state index contributed by atoms with van der Waals surface area (Å²) in [5.74, 6) is 0. The molecule has 4 heteroatoms. The van der Waals surface area contributed by atoms with Crippen LogP contribution in [0.25, 0.3) is 0 Å². The van der Waals surface area contributed by atoms with Crippen LogP contribution in [0.3, 0.4) is 0 Å². The molecule has 20 heavy (non-hydrogen) atoms. The van der Waals surface area contributed by atoms with Crippen LogP contribution in [0.1, 0.15) is 24.5 Å². The van der Waals surface area contributed by atoms with Gasteiger partial charge in [0, 0.05) is 21.6 Å². The van der Waals surface area contributed by atoms with Crippen LogP contribution >= 0.6 is 27.7 Å². The minimum atomic E-state index is 0.250. The number of nitrogens with two attached hydrogens (primary N) is 1. The summed E-state index contributed by atoms with van der Waals surface area (Å²) >= 11 is 5.08. The molecule has 1 atom stereocenters. The van der Waals surface area contributed by atoms with Crippen molar-refractivity contribution in [3.8, 4) is 0 Å². The summed E-state index contributed by atoms with van der Waals surface area (Å²) in [5.41, 5.74) is 8.67. The van der Waals surface area contributed by atoms with E-state index in [0.717, 1.165) is 22.3 Å². The Balaban J connectivity index is 2.10. The van der Waals surface area contributed by atoms with Crippen molar-refractivity contribution in [3.63, 3.8) is 0 Å². The lowest BCUT2D eigenvalue weighted by atomic mass is 10.0. The Labute approximate surface area is 133 Å². The van der Waals surface area contributed by atoms with Gasteiger partial charge < -0.3 is 5.73 Å². The molecule has 1 aromatic heterocycles. The van der Waals surface area contributed by atoms with E-state index in [2.05, 4.69) is 53.0 Å². The van der Waals surface area contributed by atoms with Crippen molar-refractivity contribution in [2.75, 3.05) is 0 Å². The first-order valence-electron chi connectivity index (χ1n) is 6.73. The summed E-state index contributed by atoms with van der Waals surface area (Å²) in [6.45, 7) is 4.28. The molecule has 2 nitrogen and oxygen atoms in total. The van der Waals surface area contributed by atoms with Crippen LogP contribution in [-0.2, 0) is 6.42 Å². The van der Waals surface area contributed by atoms with Crippen molar-refractivity contribution < 1.29 is 0 Å². The Bertz CT molecular complexity index is 569. The van der Waals surface area contributed by atoms with E-state index in [1.165, 1.54) is 16.0 Å². The highest BCUT2D eigenvalue weighted by Crippen LogP contribution is 2.28. The van der Waals surface area contributed by atoms with E-state index in [0.29, 0.717) is 0 Å². The second-order valence-corrected chi connectivity index (χ2v) is 6.89. The van der Waals surface area contributed by atoms with Crippen LogP contribution in [0.2, 0.25) is 0 Å². The predicted molar refractivity (Wildman–Crippen MR) is 89.2 cm³/mol. The second kappa shape index (κ2) is 7.25. The van der Waals surface area contributed by atoms with Gasteiger partial charge in [-0.15, -0.1) is 0 Å². The number of benzene rings is 1. The number of aryl methyl sites for hydroxylation is 1. The lowest BCUT2D eigenvalue weighted by Gasteiger charge is -2.12. The van der Waals surface area contributed by atoms with Gasteiger partial charge in [0.25, 0.3) is 0 Å². The highest BCUT2D eigenvalue weighted by atomic mass is 79.9. The molecule has 0 radical (unpaired) electrons. The fraction of sp³-hybridized carbons (Fsp3) is 0.312. The standard InChI is InChI=1S/C16H19BrN2S/c1-3-14(18)9-12-4-6-15(8-11(12)2)20-16-7-5-13(17)10-19-16/h4-8,10,14H,3,9,18H2,1-2H3. The third kappa shape index (κ3) is 4.33. The lowest BCUT2D eigenvalue weighted by molar-refractivity contribution is 0.644. The molecule has 0 fully saturated rings. The third-order valence-corrected chi connectivity index (χ3v) is 4.65. The van der Waals surface area contributed by atoms with Crippen molar-refractivity contribution in [2.24, 2.45) is 5.73 Å². The van der Waals surface area contributed by atoms with E-state index >= 15 is 0 Å². The van der Waals surface area contributed by atoms with Crippen LogP contribution in [-0.4, -0.2) is 11.0 Å². The molecule has 0 bridgehead atoms. The number of halogens is 1. The van der Waals surface area contributed by atoms with Gasteiger partial charge in [0.1, 0.15) is 5.03 Å². The highest BCUT2D eigenvalue weighted by Gasteiger charge is 2.06. The fourth-order valence-electron chi connectivity index (χ4n) is 1.93. The molecular weight excluding hydrogens is 332 g/mol. The van der Waals surface area contributed by atoms with Crippen molar-refractivity contribution in [2.45, 2.75) is 42.7 Å². The topological polar surface area (TPSA) is 38.9 Å². The van der Waals surface area contributed by atoms with E-state index in [1.54, 1.807) is 11.8 Å². The molecule has 2 N–H and O–H groups in total. The monoisotopic (exact) mass is 350 g/mol.